The number of carbonyl (C=O) groups is 3. The Morgan fingerprint density at radius 1 is 0.948 bits per heavy atom. The van der Waals surface area contributed by atoms with Crippen LogP contribution in [-0.2, 0) is 20.9 Å². The molecule has 0 aliphatic carbocycles. The van der Waals surface area contributed by atoms with Crippen molar-refractivity contribution in [1.29, 1.82) is 0 Å². The highest BCUT2D eigenvalue weighted by molar-refractivity contribution is 7.13. The minimum absolute atomic E-state index is 0.0233. The van der Waals surface area contributed by atoms with Crippen molar-refractivity contribution in [2.75, 3.05) is 26.2 Å². The molecule has 0 bridgehead atoms. The van der Waals surface area contributed by atoms with Gasteiger partial charge in [0, 0.05) is 30.6 Å². The molecule has 2 saturated heterocycles. The first-order valence-corrected chi connectivity index (χ1v) is 20.7. The van der Waals surface area contributed by atoms with Gasteiger partial charge in [-0.25, -0.2) is 4.98 Å². The molecule has 13 heteroatoms. The van der Waals surface area contributed by atoms with Crippen LogP contribution in [0.3, 0.4) is 0 Å². The lowest BCUT2D eigenvalue weighted by Crippen LogP contribution is -2.58. The number of piperidine rings is 1. The number of hydrogen-bond donors (Lipinski definition) is 4. The van der Waals surface area contributed by atoms with Crippen molar-refractivity contribution in [3.63, 3.8) is 0 Å². The normalized spacial score (nSPS) is 18.2. The molecule has 3 amide bonds. The van der Waals surface area contributed by atoms with Crippen LogP contribution in [0.1, 0.15) is 62.8 Å². The first-order valence-electron chi connectivity index (χ1n) is 19.8. The Bertz CT molecular complexity index is 2230. The van der Waals surface area contributed by atoms with Crippen LogP contribution in [0.15, 0.2) is 90.6 Å². The molecule has 3 atom stereocenters. The van der Waals surface area contributed by atoms with Crippen molar-refractivity contribution in [3.8, 4) is 38.6 Å². The molecular weight excluding hydrogens is 751 g/mol. The second kappa shape index (κ2) is 17.6. The first kappa shape index (κ1) is 40.7. The number of phenols is 1. The Morgan fingerprint density at radius 3 is 2.33 bits per heavy atom. The van der Waals surface area contributed by atoms with Crippen molar-refractivity contribution < 1.29 is 24.6 Å². The van der Waals surface area contributed by atoms with E-state index in [-0.39, 0.29) is 49.5 Å². The summed E-state index contributed by atoms with van der Waals surface area (Å²) in [6.45, 7) is 9.59. The summed E-state index contributed by atoms with van der Waals surface area (Å²) in [4.78, 5) is 50.1. The van der Waals surface area contributed by atoms with E-state index in [0.717, 1.165) is 58.8 Å². The van der Waals surface area contributed by atoms with Gasteiger partial charge in [-0.1, -0.05) is 81.4 Å². The Balaban J connectivity index is 0.913. The Morgan fingerprint density at radius 2 is 1.66 bits per heavy atom. The number of carbonyl (C=O) groups excluding carboxylic acids is 3. The second-order valence-corrected chi connectivity index (χ2v) is 17.3. The number of aromatic hydroxyl groups is 1. The van der Waals surface area contributed by atoms with Gasteiger partial charge in [0.15, 0.2) is 0 Å². The summed E-state index contributed by atoms with van der Waals surface area (Å²) in [5, 5.41) is 35.3. The van der Waals surface area contributed by atoms with E-state index in [1.807, 2.05) is 75.7 Å². The fourth-order valence-corrected chi connectivity index (χ4v) is 8.72. The lowest BCUT2D eigenvalue weighted by molar-refractivity contribution is -0.144. The van der Waals surface area contributed by atoms with E-state index in [0.29, 0.717) is 17.2 Å². The molecule has 0 saturated carbocycles. The molecule has 5 aromatic rings. The van der Waals surface area contributed by atoms with Gasteiger partial charge in [-0.2, -0.15) is 10.2 Å². The summed E-state index contributed by atoms with van der Waals surface area (Å²) in [6.07, 6.45) is 2.79. The summed E-state index contributed by atoms with van der Waals surface area (Å²) in [5.41, 5.74) is 8.52. The number of aliphatic hydroxyl groups excluding tert-OH is 1. The molecule has 2 aromatic heterocycles. The van der Waals surface area contributed by atoms with Gasteiger partial charge in [-0.05, 0) is 84.6 Å². The lowest BCUT2D eigenvalue weighted by Gasteiger charge is -2.36. The van der Waals surface area contributed by atoms with Crippen LogP contribution in [0.4, 0.5) is 0 Å². The van der Waals surface area contributed by atoms with Gasteiger partial charge in [-0.15, -0.1) is 11.3 Å². The minimum Gasteiger partial charge on any atom is -0.507 e. The zero-order valence-electron chi connectivity index (χ0n) is 33.4. The van der Waals surface area contributed by atoms with Gasteiger partial charge in [0.25, 0.3) is 0 Å². The maximum atomic E-state index is 14.1. The molecule has 0 spiro atoms. The van der Waals surface area contributed by atoms with E-state index in [4.69, 9.17) is 0 Å². The number of hydrogen-bond acceptors (Lipinski definition) is 10. The molecular formula is C45H51N7O5S. The smallest absolute Gasteiger partial charge is 0.246 e. The highest BCUT2D eigenvalue weighted by Gasteiger charge is 2.44. The monoisotopic (exact) mass is 801 g/mol. The molecule has 0 radical (unpaired) electrons. The maximum Gasteiger partial charge on any atom is 0.246 e. The number of nitrogens with one attached hydrogen (secondary N) is 2. The predicted molar refractivity (Wildman–Crippen MR) is 225 cm³/mol. The van der Waals surface area contributed by atoms with Crippen LogP contribution in [0.5, 0.6) is 5.75 Å². The molecule has 2 aliphatic rings. The van der Waals surface area contributed by atoms with Crippen LogP contribution in [0.2, 0.25) is 0 Å². The summed E-state index contributed by atoms with van der Waals surface area (Å²) in [5.74, 6) is -0.451. The zero-order valence-corrected chi connectivity index (χ0v) is 34.2. The topological polar surface area (TPSA) is 161 Å². The van der Waals surface area contributed by atoms with E-state index in [9.17, 15) is 24.6 Å². The van der Waals surface area contributed by atoms with E-state index in [1.54, 1.807) is 29.7 Å². The molecule has 4 N–H and O–H groups in total. The van der Waals surface area contributed by atoms with Crippen molar-refractivity contribution in [3.05, 3.63) is 107 Å². The summed E-state index contributed by atoms with van der Waals surface area (Å²) in [7, 11) is 0. The van der Waals surface area contributed by atoms with Gasteiger partial charge < -0.3 is 25.7 Å². The van der Waals surface area contributed by atoms with Crippen molar-refractivity contribution >= 4 is 29.1 Å². The number of thiazole rings is 1. The molecule has 3 aromatic carbocycles. The minimum atomic E-state index is -0.885. The van der Waals surface area contributed by atoms with Gasteiger partial charge in [0.2, 0.25) is 17.7 Å². The van der Waals surface area contributed by atoms with Gasteiger partial charge in [0.05, 0.1) is 40.6 Å². The predicted octanol–water partition coefficient (Wildman–Crippen LogP) is 5.94. The highest BCUT2D eigenvalue weighted by atomic mass is 32.1. The zero-order chi connectivity index (χ0) is 41.0. The number of β-amino-alcohol motifs (C(OH)–C–C–N with tert-alkyl or cyclic N) is 1. The third-order valence-electron chi connectivity index (χ3n) is 11.2. The van der Waals surface area contributed by atoms with Crippen molar-refractivity contribution in [2.45, 2.75) is 77.6 Å². The van der Waals surface area contributed by atoms with E-state index in [2.05, 4.69) is 55.0 Å². The molecule has 2 aliphatic heterocycles. The number of aromatic nitrogens is 3. The average molecular weight is 802 g/mol. The van der Waals surface area contributed by atoms with E-state index < -0.39 is 23.6 Å². The number of para-hydroxylation sites is 1. The van der Waals surface area contributed by atoms with Crippen LogP contribution in [0.25, 0.3) is 32.8 Å². The number of phenolic OH excluding ortho intramolecular Hbond substituents is 1. The SMILES string of the molecule is Cc1ncsc1-c1ccc(CNC(=O)[C@@H]2C[C@@H](O)CN2C(=O)C(NC(=O)CN2CCC(c3ccc(-c4cnnc(-c5ccccc5O)c4)cc3)CC2)C(C)(C)C)cc1. The number of aryl methyl sites for hydroxylation is 1. The third-order valence-corrected chi connectivity index (χ3v) is 12.2. The van der Waals surface area contributed by atoms with Gasteiger partial charge in [0.1, 0.15) is 17.8 Å². The Hall–Kier alpha value is -5.50. The fourth-order valence-electron chi connectivity index (χ4n) is 7.91. The number of rotatable bonds is 11. The summed E-state index contributed by atoms with van der Waals surface area (Å²) < 4.78 is 0. The number of amides is 3. The average Bonchev–Trinajstić information content (AvgIpc) is 3.84. The van der Waals surface area contributed by atoms with Crippen LogP contribution in [-0.4, -0.2) is 97.3 Å². The fraction of sp³-hybridized carbons (Fsp3) is 0.378. The standard InChI is InChI=1S/C45H51N7O5S/c1-28-41(58-27-47-28)33-11-9-29(10-12-33)23-46-43(56)38-22-35(53)25-52(38)44(57)42(45(2,3)4)49-40(55)26-51-19-17-32(18-20-51)30-13-15-31(16-14-30)34-21-37(50-48-24-34)36-7-5-6-8-39(36)54/h5-16,21,24,27,32,35,38,42,53-54H,17-20,22-23,25-26H2,1-4H3,(H,46,56)(H,49,55)/t35-,38+,42?/m1/s1. The third kappa shape index (κ3) is 9.44. The molecule has 2 fully saturated rings. The number of likely N-dealkylation sites (tertiary alicyclic amines) is 2. The van der Waals surface area contributed by atoms with E-state index in [1.165, 1.54) is 10.5 Å². The molecule has 1 unspecified atom stereocenters. The van der Waals surface area contributed by atoms with Crippen molar-refractivity contribution in [1.82, 2.24) is 35.6 Å². The summed E-state index contributed by atoms with van der Waals surface area (Å²) >= 11 is 1.58. The van der Waals surface area contributed by atoms with Crippen LogP contribution < -0.4 is 10.6 Å². The molecule has 58 heavy (non-hydrogen) atoms. The molecule has 7 rings (SSSR count). The number of aliphatic hydroxyl groups is 1. The lowest BCUT2D eigenvalue weighted by atomic mass is 9.85. The molecule has 12 nitrogen and oxygen atoms in total. The number of benzene rings is 3. The van der Waals surface area contributed by atoms with Crippen molar-refractivity contribution in [2.24, 2.45) is 5.41 Å². The maximum absolute atomic E-state index is 14.1. The summed E-state index contributed by atoms with van der Waals surface area (Å²) in [6, 6.07) is 23.7. The molecule has 4 heterocycles. The van der Waals surface area contributed by atoms with Gasteiger partial charge >= 0.3 is 0 Å². The van der Waals surface area contributed by atoms with Crippen LogP contribution >= 0.6 is 11.3 Å². The van der Waals surface area contributed by atoms with Crippen LogP contribution in [0, 0.1) is 12.3 Å². The van der Waals surface area contributed by atoms with E-state index >= 15 is 0 Å². The Kier molecular flexibility index (Phi) is 12.3. The quantitative estimate of drug-likeness (QED) is 0.127. The molecule has 302 valence electrons. The van der Waals surface area contributed by atoms with Gasteiger partial charge in [-0.3, -0.25) is 19.3 Å². The highest BCUT2D eigenvalue weighted by Crippen LogP contribution is 2.33. The second-order valence-electron chi connectivity index (χ2n) is 16.5. The largest absolute Gasteiger partial charge is 0.507 e. The Labute approximate surface area is 343 Å². The first-order chi connectivity index (χ1) is 27.8. The number of nitrogens with zero attached hydrogens (tertiary/aromatic N) is 5.